The van der Waals surface area contributed by atoms with E-state index in [1.54, 1.807) is 12.1 Å². The third kappa shape index (κ3) is 4.61. The molecule has 0 radical (unpaired) electrons. The van der Waals surface area contributed by atoms with E-state index in [0.29, 0.717) is 29.9 Å². The van der Waals surface area contributed by atoms with Gasteiger partial charge < -0.3 is 20.3 Å². The standard InChI is InChI=1S/C21H30FN3O2/c22-19-11-18(27-9-1-2-15-5-7-23-8-6-15)4-3-16(19)10-21(26)25-13-17-12-24-20(17)14-25/h3-4,11,15,17,20,23-24H,1-2,5-10,12-14H2/t17-,20?/m1/s1. The van der Waals surface area contributed by atoms with E-state index in [1.165, 1.54) is 25.3 Å². The number of carbonyl (C=O) groups is 1. The number of hydrogen-bond donors (Lipinski definition) is 2. The number of carbonyl (C=O) groups excluding carboxylic acids is 1. The van der Waals surface area contributed by atoms with Gasteiger partial charge in [0.05, 0.1) is 13.0 Å². The molecule has 3 fully saturated rings. The first kappa shape index (κ1) is 18.7. The lowest BCUT2D eigenvalue weighted by molar-refractivity contribution is -0.129. The molecule has 6 heteroatoms. The summed E-state index contributed by atoms with van der Waals surface area (Å²) >= 11 is 0. The molecule has 0 aliphatic carbocycles. The molecule has 1 amide bonds. The van der Waals surface area contributed by atoms with Crippen molar-refractivity contribution in [3.63, 3.8) is 0 Å². The quantitative estimate of drug-likeness (QED) is 0.716. The van der Waals surface area contributed by atoms with Gasteiger partial charge in [0, 0.05) is 37.7 Å². The summed E-state index contributed by atoms with van der Waals surface area (Å²) in [5, 5.41) is 6.71. The fraction of sp³-hybridized carbons (Fsp3) is 0.667. The number of halogens is 1. The second kappa shape index (κ2) is 8.57. The van der Waals surface area contributed by atoms with E-state index in [-0.39, 0.29) is 18.1 Å². The molecule has 1 aromatic carbocycles. The fourth-order valence-corrected chi connectivity index (χ4v) is 4.42. The molecule has 2 atom stereocenters. The predicted octanol–water partition coefficient (Wildman–Crippen LogP) is 1.96. The molecule has 1 unspecified atom stereocenters. The summed E-state index contributed by atoms with van der Waals surface area (Å²) in [6, 6.07) is 5.34. The zero-order chi connectivity index (χ0) is 18.6. The van der Waals surface area contributed by atoms with Crippen LogP contribution in [0, 0.1) is 17.7 Å². The molecular formula is C21H30FN3O2. The van der Waals surface area contributed by atoms with Crippen LogP contribution in [0.4, 0.5) is 4.39 Å². The van der Waals surface area contributed by atoms with E-state index in [4.69, 9.17) is 4.74 Å². The molecule has 0 bridgehead atoms. The van der Waals surface area contributed by atoms with Crippen LogP contribution in [0.25, 0.3) is 0 Å². The van der Waals surface area contributed by atoms with Crippen molar-refractivity contribution in [1.82, 2.24) is 15.5 Å². The highest BCUT2D eigenvalue weighted by molar-refractivity contribution is 5.79. The van der Waals surface area contributed by atoms with Gasteiger partial charge >= 0.3 is 0 Å². The van der Waals surface area contributed by atoms with Gasteiger partial charge in [0.1, 0.15) is 11.6 Å². The van der Waals surface area contributed by atoms with Crippen LogP contribution >= 0.6 is 0 Å². The molecule has 0 aromatic heterocycles. The number of ether oxygens (including phenoxy) is 1. The van der Waals surface area contributed by atoms with E-state index < -0.39 is 0 Å². The van der Waals surface area contributed by atoms with Gasteiger partial charge in [-0.1, -0.05) is 6.07 Å². The molecule has 3 aliphatic heterocycles. The number of piperidine rings is 1. The summed E-state index contributed by atoms with van der Waals surface area (Å²) in [6.45, 7) is 5.40. The van der Waals surface area contributed by atoms with Gasteiger partial charge in [-0.2, -0.15) is 0 Å². The minimum atomic E-state index is -0.348. The lowest BCUT2D eigenvalue weighted by Crippen LogP contribution is -2.51. The van der Waals surface area contributed by atoms with E-state index in [9.17, 15) is 9.18 Å². The summed E-state index contributed by atoms with van der Waals surface area (Å²) in [6.07, 6.45) is 4.78. The van der Waals surface area contributed by atoms with Crippen molar-refractivity contribution in [3.8, 4) is 5.75 Å². The molecule has 3 heterocycles. The Bertz CT molecular complexity index is 651. The van der Waals surface area contributed by atoms with Gasteiger partial charge in [-0.15, -0.1) is 0 Å². The van der Waals surface area contributed by atoms with Gasteiger partial charge in [-0.25, -0.2) is 4.39 Å². The van der Waals surface area contributed by atoms with Crippen LogP contribution in [0.3, 0.4) is 0 Å². The van der Waals surface area contributed by atoms with E-state index >= 15 is 0 Å². The number of fused-ring (bicyclic) bond motifs is 1. The topological polar surface area (TPSA) is 53.6 Å². The predicted molar refractivity (Wildman–Crippen MR) is 102 cm³/mol. The number of benzene rings is 1. The largest absolute Gasteiger partial charge is 0.493 e. The summed E-state index contributed by atoms with van der Waals surface area (Å²) in [5.41, 5.74) is 0.453. The minimum absolute atomic E-state index is 0.0146. The average Bonchev–Trinajstić information content (AvgIpc) is 2.96. The minimum Gasteiger partial charge on any atom is -0.493 e. The second-order valence-corrected chi connectivity index (χ2v) is 8.19. The van der Waals surface area contributed by atoms with Crippen LogP contribution in [0.2, 0.25) is 0 Å². The van der Waals surface area contributed by atoms with E-state index in [1.807, 2.05) is 4.90 Å². The number of nitrogens with zero attached hydrogens (tertiary/aromatic N) is 1. The van der Waals surface area contributed by atoms with Crippen LogP contribution in [0.15, 0.2) is 18.2 Å². The summed E-state index contributed by atoms with van der Waals surface area (Å²) < 4.78 is 20.1. The maximum Gasteiger partial charge on any atom is 0.227 e. The maximum absolute atomic E-state index is 14.4. The number of likely N-dealkylation sites (tertiary alicyclic amines) is 1. The lowest BCUT2D eigenvalue weighted by Gasteiger charge is -2.29. The van der Waals surface area contributed by atoms with Gasteiger partial charge in [0.2, 0.25) is 5.91 Å². The number of nitrogens with one attached hydrogen (secondary N) is 2. The SMILES string of the molecule is O=C(Cc1ccc(OCCCC2CCNCC2)cc1F)N1CC2NC[C@@H]2C1. The van der Waals surface area contributed by atoms with Crippen molar-refractivity contribution in [1.29, 1.82) is 0 Å². The molecule has 2 N–H and O–H groups in total. The maximum atomic E-state index is 14.4. The number of hydrogen-bond acceptors (Lipinski definition) is 4. The Kier molecular flexibility index (Phi) is 5.93. The zero-order valence-electron chi connectivity index (χ0n) is 15.9. The van der Waals surface area contributed by atoms with Gasteiger partial charge in [-0.05, 0) is 56.3 Å². The Balaban J connectivity index is 1.22. The molecular weight excluding hydrogens is 345 g/mol. The van der Waals surface area contributed by atoms with Crippen LogP contribution in [-0.2, 0) is 11.2 Å². The molecule has 0 spiro atoms. The van der Waals surface area contributed by atoms with Gasteiger partial charge in [0.25, 0.3) is 0 Å². The molecule has 3 saturated heterocycles. The first-order valence-corrected chi connectivity index (χ1v) is 10.3. The van der Waals surface area contributed by atoms with Gasteiger partial charge in [-0.3, -0.25) is 4.79 Å². The molecule has 3 aliphatic rings. The monoisotopic (exact) mass is 375 g/mol. The third-order valence-electron chi connectivity index (χ3n) is 6.29. The highest BCUT2D eigenvalue weighted by Gasteiger charge is 2.40. The second-order valence-electron chi connectivity index (χ2n) is 8.19. The number of rotatable bonds is 7. The smallest absolute Gasteiger partial charge is 0.227 e. The fourth-order valence-electron chi connectivity index (χ4n) is 4.42. The summed E-state index contributed by atoms with van der Waals surface area (Å²) in [7, 11) is 0. The molecule has 27 heavy (non-hydrogen) atoms. The average molecular weight is 375 g/mol. The number of amides is 1. The Hall–Kier alpha value is -1.66. The lowest BCUT2D eigenvalue weighted by atomic mass is 9.93. The highest BCUT2D eigenvalue weighted by atomic mass is 19.1. The van der Waals surface area contributed by atoms with Crippen LogP contribution < -0.4 is 15.4 Å². The van der Waals surface area contributed by atoms with Crippen LogP contribution in [0.1, 0.15) is 31.2 Å². The Morgan fingerprint density at radius 2 is 2.11 bits per heavy atom. The van der Waals surface area contributed by atoms with Crippen molar-refractivity contribution < 1.29 is 13.9 Å². The van der Waals surface area contributed by atoms with Crippen molar-refractivity contribution in [2.45, 2.75) is 38.1 Å². The van der Waals surface area contributed by atoms with Crippen molar-refractivity contribution in [2.75, 3.05) is 39.3 Å². The van der Waals surface area contributed by atoms with Crippen LogP contribution in [-0.4, -0.2) is 56.2 Å². The Morgan fingerprint density at radius 1 is 1.26 bits per heavy atom. The van der Waals surface area contributed by atoms with Crippen molar-refractivity contribution in [3.05, 3.63) is 29.6 Å². The molecule has 148 valence electrons. The normalized spacial score (nSPS) is 25.1. The van der Waals surface area contributed by atoms with Crippen LogP contribution in [0.5, 0.6) is 5.75 Å². The molecule has 5 nitrogen and oxygen atoms in total. The highest BCUT2D eigenvalue weighted by Crippen LogP contribution is 2.25. The van der Waals surface area contributed by atoms with E-state index in [2.05, 4.69) is 10.6 Å². The van der Waals surface area contributed by atoms with Gasteiger partial charge in [0.15, 0.2) is 0 Å². The third-order valence-corrected chi connectivity index (χ3v) is 6.29. The first-order valence-electron chi connectivity index (χ1n) is 10.3. The Labute approximate surface area is 160 Å². The zero-order valence-corrected chi connectivity index (χ0v) is 15.9. The molecule has 0 saturated carbocycles. The van der Waals surface area contributed by atoms with E-state index in [0.717, 1.165) is 45.1 Å². The first-order chi connectivity index (χ1) is 13.2. The Morgan fingerprint density at radius 3 is 2.78 bits per heavy atom. The molecule has 4 rings (SSSR count). The summed E-state index contributed by atoms with van der Waals surface area (Å²) in [5.74, 6) is 1.59. The van der Waals surface area contributed by atoms with Crippen molar-refractivity contribution in [2.24, 2.45) is 11.8 Å². The van der Waals surface area contributed by atoms with Crippen molar-refractivity contribution >= 4 is 5.91 Å². The molecule has 1 aromatic rings. The summed E-state index contributed by atoms with van der Waals surface area (Å²) in [4.78, 5) is 14.3.